The number of rotatable bonds is 4. The highest BCUT2D eigenvalue weighted by atomic mass is 79.9. The van der Waals surface area contributed by atoms with E-state index in [-0.39, 0.29) is 17.3 Å². The quantitative estimate of drug-likeness (QED) is 0.389. The Morgan fingerprint density at radius 1 is 1.18 bits per heavy atom. The number of hydrogen-bond acceptors (Lipinski definition) is 5. The lowest BCUT2D eigenvalue weighted by atomic mass is 10.1. The van der Waals surface area contributed by atoms with Gasteiger partial charge in [-0.1, -0.05) is 15.9 Å². The molecule has 2 aromatic carbocycles. The van der Waals surface area contributed by atoms with E-state index in [1.807, 2.05) is 30.3 Å². The maximum Gasteiger partial charge on any atom is 0.313 e. The number of fused-ring (bicyclic) bond motifs is 1. The molecule has 140 valence electrons. The van der Waals surface area contributed by atoms with Gasteiger partial charge in [-0.25, -0.2) is 0 Å². The lowest BCUT2D eigenvalue weighted by Gasteiger charge is -1.99. The van der Waals surface area contributed by atoms with Crippen LogP contribution in [-0.4, -0.2) is 33.3 Å². The zero-order valence-electron chi connectivity index (χ0n) is 14.6. The van der Waals surface area contributed by atoms with Crippen LogP contribution in [0.5, 0.6) is 11.6 Å². The second-order valence-electron chi connectivity index (χ2n) is 5.91. The summed E-state index contributed by atoms with van der Waals surface area (Å²) in [5.74, 6) is -0.0289. The number of benzene rings is 2. The number of aromatic amines is 2. The van der Waals surface area contributed by atoms with Gasteiger partial charge in [0.25, 0.3) is 0 Å². The Balaban J connectivity index is 1.58. The number of methoxy groups -OCH3 is 1. The van der Waals surface area contributed by atoms with Gasteiger partial charge in [-0.05, 0) is 48.5 Å². The van der Waals surface area contributed by atoms with Crippen LogP contribution < -0.4 is 4.74 Å². The Labute approximate surface area is 167 Å². The molecule has 1 amide bonds. The molecule has 0 aliphatic rings. The standard InChI is InChI=1S/C19H14BrN5O3/c1-28-12-5-2-10(3-6-12)15-9-16(23-22-15)18(26)25-24-17-13-8-11(20)4-7-14(13)21-19(17)27/h2-9,21,27H,1H3,(H,22,23). The predicted molar refractivity (Wildman–Crippen MR) is 107 cm³/mol. The van der Waals surface area contributed by atoms with Crippen LogP contribution in [0.4, 0.5) is 5.69 Å². The van der Waals surface area contributed by atoms with Crippen molar-refractivity contribution in [1.82, 2.24) is 15.2 Å². The van der Waals surface area contributed by atoms with Crippen LogP contribution >= 0.6 is 15.9 Å². The minimum atomic E-state index is -0.601. The third kappa shape index (κ3) is 3.39. The van der Waals surface area contributed by atoms with Crippen LogP contribution in [-0.2, 0) is 0 Å². The molecule has 4 rings (SSSR count). The smallest absolute Gasteiger partial charge is 0.313 e. The van der Waals surface area contributed by atoms with E-state index < -0.39 is 5.91 Å². The van der Waals surface area contributed by atoms with Crippen LogP contribution in [0.15, 0.2) is 63.2 Å². The van der Waals surface area contributed by atoms with E-state index in [4.69, 9.17) is 4.74 Å². The SMILES string of the molecule is COc1ccc(-c2cc(C(=O)N=Nc3c(O)[nH]c4ccc(Br)cc34)[nH]n2)cc1. The van der Waals surface area contributed by atoms with Gasteiger partial charge >= 0.3 is 5.91 Å². The van der Waals surface area contributed by atoms with E-state index in [0.29, 0.717) is 16.6 Å². The number of aromatic hydroxyl groups is 1. The molecule has 8 nitrogen and oxygen atoms in total. The number of hydrogen-bond donors (Lipinski definition) is 3. The van der Waals surface area contributed by atoms with Crippen LogP contribution in [0, 0.1) is 0 Å². The molecule has 2 aromatic heterocycles. The van der Waals surface area contributed by atoms with E-state index >= 15 is 0 Å². The normalized spacial score (nSPS) is 11.4. The third-order valence-corrected chi connectivity index (χ3v) is 4.64. The first-order valence-electron chi connectivity index (χ1n) is 8.21. The fraction of sp³-hybridized carbons (Fsp3) is 0.0526. The summed E-state index contributed by atoms with van der Waals surface area (Å²) in [4.78, 5) is 15.1. The number of azo groups is 1. The van der Waals surface area contributed by atoms with Gasteiger partial charge in [0, 0.05) is 15.4 Å². The Morgan fingerprint density at radius 3 is 2.71 bits per heavy atom. The van der Waals surface area contributed by atoms with Gasteiger partial charge in [-0.3, -0.25) is 9.89 Å². The molecule has 4 aromatic rings. The Bertz CT molecular complexity index is 1190. The van der Waals surface area contributed by atoms with Gasteiger partial charge in [0.1, 0.15) is 11.4 Å². The van der Waals surface area contributed by atoms with Crippen molar-refractivity contribution in [2.24, 2.45) is 10.2 Å². The maximum atomic E-state index is 12.3. The van der Waals surface area contributed by atoms with Crippen molar-refractivity contribution >= 4 is 38.4 Å². The fourth-order valence-corrected chi connectivity index (χ4v) is 3.09. The summed E-state index contributed by atoms with van der Waals surface area (Å²) in [7, 11) is 1.59. The Hall–Kier alpha value is -3.46. The van der Waals surface area contributed by atoms with Gasteiger partial charge in [0.2, 0.25) is 5.88 Å². The highest BCUT2D eigenvalue weighted by Crippen LogP contribution is 2.36. The highest BCUT2D eigenvalue weighted by molar-refractivity contribution is 9.10. The van der Waals surface area contributed by atoms with Crippen molar-refractivity contribution in [1.29, 1.82) is 0 Å². The van der Waals surface area contributed by atoms with Crippen LogP contribution in [0.3, 0.4) is 0 Å². The van der Waals surface area contributed by atoms with Crippen molar-refractivity contribution < 1.29 is 14.6 Å². The minimum Gasteiger partial charge on any atom is -0.497 e. The number of halogens is 1. The molecule has 0 spiro atoms. The van der Waals surface area contributed by atoms with Gasteiger partial charge in [0.05, 0.1) is 18.3 Å². The van der Waals surface area contributed by atoms with Gasteiger partial charge in [0.15, 0.2) is 5.69 Å². The molecule has 0 atom stereocenters. The summed E-state index contributed by atoms with van der Waals surface area (Å²) in [5.41, 5.74) is 2.49. The Kier molecular flexibility index (Phi) is 4.66. The molecule has 2 heterocycles. The average Bonchev–Trinajstić information content (AvgIpc) is 3.31. The largest absolute Gasteiger partial charge is 0.497 e. The van der Waals surface area contributed by atoms with E-state index in [2.05, 4.69) is 41.3 Å². The first-order chi connectivity index (χ1) is 13.5. The molecule has 0 aliphatic carbocycles. The number of ether oxygens (including phenoxy) is 1. The highest BCUT2D eigenvalue weighted by Gasteiger charge is 2.14. The Morgan fingerprint density at radius 2 is 1.96 bits per heavy atom. The number of nitrogens with one attached hydrogen (secondary N) is 2. The van der Waals surface area contributed by atoms with Crippen molar-refractivity contribution in [3.8, 4) is 22.9 Å². The summed E-state index contributed by atoms with van der Waals surface area (Å²) < 4.78 is 5.95. The minimum absolute atomic E-state index is 0.159. The first kappa shape index (κ1) is 17.9. The van der Waals surface area contributed by atoms with Crippen molar-refractivity contribution in [3.05, 3.63) is 58.7 Å². The molecule has 28 heavy (non-hydrogen) atoms. The fourth-order valence-electron chi connectivity index (χ4n) is 2.73. The zero-order chi connectivity index (χ0) is 19.7. The summed E-state index contributed by atoms with van der Waals surface area (Å²) in [6, 6.07) is 14.3. The van der Waals surface area contributed by atoms with Crippen molar-refractivity contribution in [3.63, 3.8) is 0 Å². The predicted octanol–water partition coefficient (Wildman–Crippen LogP) is 4.96. The van der Waals surface area contributed by atoms with Gasteiger partial charge in [-0.2, -0.15) is 5.10 Å². The number of carbonyl (C=O) groups excluding carboxylic acids is 1. The average molecular weight is 440 g/mol. The molecule has 3 N–H and O–H groups in total. The topological polar surface area (TPSA) is 116 Å². The summed E-state index contributed by atoms with van der Waals surface area (Å²) in [6.07, 6.45) is 0. The van der Waals surface area contributed by atoms with Crippen LogP contribution in [0.1, 0.15) is 10.5 Å². The third-order valence-electron chi connectivity index (χ3n) is 4.15. The molecule has 0 saturated heterocycles. The number of carbonyl (C=O) groups is 1. The van der Waals surface area contributed by atoms with E-state index in [1.54, 1.807) is 25.3 Å². The van der Waals surface area contributed by atoms with Crippen LogP contribution in [0.2, 0.25) is 0 Å². The van der Waals surface area contributed by atoms with E-state index in [9.17, 15) is 9.90 Å². The maximum absolute atomic E-state index is 12.3. The molecule has 0 unspecified atom stereocenters. The lowest BCUT2D eigenvalue weighted by molar-refractivity contribution is 0.0990. The molecule has 0 bridgehead atoms. The van der Waals surface area contributed by atoms with Crippen LogP contribution in [0.25, 0.3) is 22.2 Å². The second kappa shape index (κ2) is 7.28. The molecular formula is C19H14BrN5O3. The molecule has 0 fully saturated rings. The lowest BCUT2D eigenvalue weighted by Crippen LogP contribution is -1.93. The van der Waals surface area contributed by atoms with E-state index in [0.717, 1.165) is 15.8 Å². The molecule has 0 aliphatic heterocycles. The summed E-state index contributed by atoms with van der Waals surface area (Å²) in [5, 5.41) is 25.1. The molecule has 9 heteroatoms. The van der Waals surface area contributed by atoms with Gasteiger partial charge in [-0.15, -0.1) is 10.2 Å². The number of aromatic nitrogens is 3. The number of H-pyrrole nitrogens is 2. The van der Waals surface area contributed by atoms with E-state index in [1.165, 1.54) is 0 Å². The second-order valence-corrected chi connectivity index (χ2v) is 6.83. The van der Waals surface area contributed by atoms with Gasteiger partial charge < -0.3 is 14.8 Å². The molecule has 0 saturated carbocycles. The molecular weight excluding hydrogens is 426 g/mol. The zero-order valence-corrected chi connectivity index (χ0v) is 16.2. The summed E-state index contributed by atoms with van der Waals surface area (Å²) in [6.45, 7) is 0. The van der Waals surface area contributed by atoms with Crippen molar-refractivity contribution in [2.45, 2.75) is 0 Å². The number of amides is 1. The summed E-state index contributed by atoms with van der Waals surface area (Å²) >= 11 is 3.37. The first-order valence-corrected chi connectivity index (χ1v) is 9.00. The monoisotopic (exact) mass is 439 g/mol. The van der Waals surface area contributed by atoms with Crippen molar-refractivity contribution in [2.75, 3.05) is 7.11 Å². The molecule has 0 radical (unpaired) electrons. The number of nitrogens with zero attached hydrogens (tertiary/aromatic N) is 3.